The number of benzene rings is 1. The standard InChI is InChI=1S/C21H20F2N4OS/c22-17-5-4-16(10-18(17)23)27-8-6-14(12-27)11-25-20(28)9-15-13-29-21(26-15)19-3-1-2-7-24-19/h1-5,7,10,13-14H,6,8-9,11-12H2,(H,25,28). The van der Waals surface area contributed by atoms with Gasteiger partial charge in [0.25, 0.3) is 0 Å². The number of hydrogen-bond acceptors (Lipinski definition) is 5. The van der Waals surface area contributed by atoms with E-state index >= 15 is 0 Å². The molecule has 1 aliphatic heterocycles. The van der Waals surface area contributed by atoms with E-state index in [1.54, 1.807) is 12.3 Å². The minimum absolute atomic E-state index is 0.0749. The first-order valence-electron chi connectivity index (χ1n) is 9.41. The molecule has 2 aromatic heterocycles. The molecule has 1 atom stereocenters. The number of aromatic nitrogens is 2. The summed E-state index contributed by atoms with van der Waals surface area (Å²) in [5.74, 6) is -1.49. The minimum Gasteiger partial charge on any atom is -0.371 e. The molecule has 1 N–H and O–H groups in total. The molecule has 0 aliphatic carbocycles. The van der Waals surface area contributed by atoms with E-state index in [0.29, 0.717) is 18.8 Å². The van der Waals surface area contributed by atoms with E-state index in [9.17, 15) is 13.6 Å². The van der Waals surface area contributed by atoms with Crippen molar-refractivity contribution in [3.63, 3.8) is 0 Å². The topological polar surface area (TPSA) is 58.1 Å². The fourth-order valence-electron chi connectivity index (χ4n) is 3.40. The van der Waals surface area contributed by atoms with Gasteiger partial charge in [-0.1, -0.05) is 6.07 Å². The number of carbonyl (C=O) groups excluding carboxylic acids is 1. The second-order valence-corrected chi connectivity index (χ2v) is 7.90. The van der Waals surface area contributed by atoms with Crippen LogP contribution in [0.3, 0.4) is 0 Å². The predicted molar refractivity (Wildman–Crippen MR) is 109 cm³/mol. The molecule has 1 aliphatic rings. The maximum Gasteiger partial charge on any atom is 0.226 e. The Labute approximate surface area is 171 Å². The van der Waals surface area contributed by atoms with E-state index in [2.05, 4.69) is 15.3 Å². The van der Waals surface area contributed by atoms with Crippen LogP contribution in [0, 0.1) is 17.6 Å². The van der Waals surface area contributed by atoms with Crippen LogP contribution < -0.4 is 10.2 Å². The summed E-state index contributed by atoms with van der Waals surface area (Å²) in [5, 5.41) is 5.64. The van der Waals surface area contributed by atoms with Crippen LogP contribution in [0.4, 0.5) is 14.5 Å². The largest absolute Gasteiger partial charge is 0.371 e. The lowest BCUT2D eigenvalue weighted by Gasteiger charge is -2.19. The first-order valence-corrected chi connectivity index (χ1v) is 10.3. The fourth-order valence-corrected chi connectivity index (χ4v) is 4.19. The van der Waals surface area contributed by atoms with Crippen LogP contribution in [0.1, 0.15) is 12.1 Å². The molecule has 3 heterocycles. The molecule has 0 spiro atoms. The zero-order valence-electron chi connectivity index (χ0n) is 15.6. The van der Waals surface area contributed by atoms with Gasteiger partial charge < -0.3 is 10.2 Å². The first-order chi connectivity index (χ1) is 14.1. The van der Waals surface area contributed by atoms with Crippen molar-refractivity contribution >= 4 is 22.9 Å². The van der Waals surface area contributed by atoms with Gasteiger partial charge in [0.1, 0.15) is 5.01 Å². The number of rotatable bonds is 6. The van der Waals surface area contributed by atoms with Gasteiger partial charge in [-0.3, -0.25) is 9.78 Å². The number of halogens is 2. The Morgan fingerprint density at radius 1 is 1.24 bits per heavy atom. The average Bonchev–Trinajstić information content (AvgIpc) is 3.39. The van der Waals surface area contributed by atoms with Gasteiger partial charge in [-0.2, -0.15) is 0 Å². The van der Waals surface area contributed by atoms with E-state index < -0.39 is 11.6 Å². The van der Waals surface area contributed by atoms with Gasteiger partial charge in [0.05, 0.1) is 17.8 Å². The number of hydrogen-bond donors (Lipinski definition) is 1. The lowest BCUT2D eigenvalue weighted by Crippen LogP contribution is -2.32. The van der Waals surface area contributed by atoms with Crippen molar-refractivity contribution in [1.29, 1.82) is 0 Å². The average molecular weight is 414 g/mol. The molecule has 0 bridgehead atoms. The lowest BCUT2D eigenvalue weighted by molar-refractivity contribution is -0.120. The molecule has 0 radical (unpaired) electrons. The summed E-state index contributed by atoms with van der Waals surface area (Å²) in [6.07, 6.45) is 2.83. The Kier molecular flexibility index (Phi) is 5.80. The summed E-state index contributed by atoms with van der Waals surface area (Å²) in [7, 11) is 0. The highest BCUT2D eigenvalue weighted by Crippen LogP contribution is 2.25. The zero-order chi connectivity index (χ0) is 20.2. The number of thiazole rings is 1. The van der Waals surface area contributed by atoms with Gasteiger partial charge in [0, 0.05) is 43.0 Å². The Hall–Kier alpha value is -2.87. The van der Waals surface area contributed by atoms with Crippen molar-refractivity contribution < 1.29 is 13.6 Å². The van der Waals surface area contributed by atoms with Crippen LogP contribution in [-0.2, 0) is 11.2 Å². The molecule has 5 nitrogen and oxygen atoms in total. The quantitative estimate of drug-likeness (QED) is 0.669. The highest BCUT2D eigenvalue weighted by Gasteiger charge is 2.24. The molecule has 150 valence electrons. The third-order valence-electron chi connectivity index (χ3n) is 4.92. The molecular formula is C21H20F2N4OS. The second kappa shape index (κ2) is 8.65. The molecule has 1 aromatic carbocycles. The van der Waals surface area contributed by atoms with Gasteiger partial charge in [0.15, 0.2) is 11.6 Å². The van der Waals surface area contributed by atoms with Crippen LogP contribution in [0.15, 0.2) is 48.0 Å². The number of carbonyl (C=O) groups is 1. The van der Waals surface area contributed by atoms with Gasteiger partial charge in [0.2, 0.25) is 5.91 Å². The molecule has 3 aromatic rings. The summed E-state index contributed by atoms with van der Waals surface area (Å²) in [5.41, 5.74) is 2.19. The van der Waals surface area contributed by atoms with Gasteiger partial charge in [-0.25, -0.2) is 13.8 Å². The lowest BCUT2D eigenvalue weighted by atomic mass is 10.1. The van der Waals surface area contributed by atoms with Gasteiger partial charge in [-0.05, 0) is 36.6 Å². The smallest absolute Gasteiger partial charge is 0.226 e. The van der Waals surface area contributed by atoms with Crippen molar-refractivity contribution in [2.75, 3.05) is 24.5 Å². The number of nitrogens with zero attached hydrogens (tertiary/aromatic N) is 3. The fraction of sp³-hybridized carbons (Fsp3) is 0.286. The summed E-state index contributed by atoms with van der Waals surface area (Å²) >= 11 is 1.47. The van der Waals surface area contributed by atoms with Crippen LogP contribution in [0.2, 0.25) is 0 Å². The van der Waals surface area contributed by atoms with Crippen molar-refractivity contribution in [2.24, 2.45) is 5.92 Å². The summed E-state index contributed by atoms with van der Waals surface area (Å²) < 4.78 is 26.5. The Morgan fingerprint density at radius 2 is 2.14 bits per heavy atom. The Balaban J connectivity index is 1.26. The van der Waals surface area contributed by atoms with Crippen LogP contribution in [0.25, 0.3) is 10.7 Å². The second-order valence-electron chi connectivity index (χ2n) is 7.04. The molecule has 8 heteroatoms. The van der Waals surface area contributed by atoms with Crippen molar-refractivity contribution in [2.45, 2.75) is 12.8 Å². The molecule has 1 amide bonds. The molecule has 4 rings (SSSR count). The molecular weight excluding hydrogens is 394 g/mol. The number of pyridine rings is 1. The third kappa shape index (κ3) is 4.76. The van der Waals surface area contributed by atoms with Gasteiger partial charge in [-0.15, -0.1) is 11.3 Å². The van der Waals surface area contributed by atoms with E-state index in [1.807, 2.05) is 28.5 Å². The van der Waals surface area contributed by atoms with E-state index in [-0.39, 0.29) is 18.2 Å². The highest BCUT2D eigenvalue weighted by atomic mass is 32.1. The number of amides is 1. The summed E-state index contributed by atoms with van der Waals surface area (Å²) in [4.78, 5) is 23.1. The van der Waals surface area contributed by atoms with E-state index in [0.717, 1.165) is 35.4 Å². The Bertz CT molecular complexity index is 995. The summed E-state index contributed by atoms with van der Waals surface area (Å²) in [6.45, 7) is 2.01. The maximum atomic E-state index is 13.4. The summed E-state index contributed by atoms with van der Waals surface area (Å²) in [6, 6.07) is 9.59. The van der Waals surface area contributed by atoms with Crippen LogP contribution in [0.5, 0.6) is 0 Å². The SMILES string of the molecule is O=C(Cc1csc(-c2ccccn2)n1)NCC1CCN(c2ccc(F)c(F)c2)C1. The molecule has 1 fully saturated rings. The van der Waals surface area contributed by atoms with E-state index in [1.165, 1.54) is 17.4 Å². The number of nitrogens with one attached hydrogen (secondary N) is 1. The van der Waals surface area contributed by atoms with Crippen molar-refractivity contribution in [3.05, 3.63) is 65.3 Å². The normalized spacial score (nSPS) is 16.2. The van der Waals surface area contributed by atoms with Crippen molar-refractivity contribution in [1.82, 2.24) is 15.3 Å². The van der Waals surface area contributed by atoms with Gasteiger partial charge >= 0.3 is 0 Å². The monoisotopic (exact) mass is 414 g/mol. The van der Waals surface area contributed by atoms with Crippen LogP contribution >= 0.6 is 11.3 Å². The third-order valence-corrected chi connectivity index (χ3v) is 5.83. The molecule has 1 unspecified atom stereocenters. The minimum atomic E-state index is -0.843. The van der Waals surface area contributed by atoms with Crippen molar-refractivity contribution in [3.8, 4) is 10.7 Å². The maximum absolute atomic E-state index is 13.4. The predicted octanol–water partition coefficient (Wildman–Crippen LogP) is 3.67. The van der Waals surface area contributed by atoms with E-state index in [4.69, 9.17) is 0 Å². The molecule has 1 saturated heterocycles. The van der Waals surface area contributed by atoms with Crippen LogP contribution in [-0.4, -0.2) is 35.5 Å². The number of anilines is 1. The highest BCUT2D eigenvalue weighted by molar-refractivity contribution is 7.13. The first kappa shape index (κ1) is 19.4. The molecule has 0 saturated carbocycles. The zero-order valence-corrected chi connectivity index (χ0v) is 16.5. The Morgan fingerprint density at radius 3 is 2.93 bits per heavy atom. The molecule has 29 heavy (non-hydrogen) atoms.